The van der Waals surface area contributed by atoms with E-state index in [1.54, 1.807) is 12.3 Å². The molecule has 1 aromatic heterocycles. The number of aliphatic hydroxyl groups excluding tert-OH is 1. The van der Waals surface area contributed by atoms with Gasteiger partial charge >= 0.3 is 0 Å². The van der Waals surface area contributed by atoms with Crippen molar-refractivity contribution in [2.75, 3.05) is 19.7 Å². The molecule has 1 aromatic carbocycles. The minimum Gasteiger partial charge on any atom is -0.468 e. The smallest absolute Gasteiger partial charge is 0.131 e. The Morgan fingerprint density at radius 3 is 2.83 bits per heavy atom. The highest BCUT2D eigenvalue weighted by Gasteiger charge is 2.23. The van der Waals surface area contributed by atoms with Gasteiger partial charge in [0, 0.05) is 31.3 Å². The molecule has 1 aliphatic rings. The first-order valence-corrected chi connectivity index (χ1v) is 8.11. The van der Waals surface area contributed by atoms with Crippen LogP contribution in [-0.4, -0.2) is 35.8 Å². The molecular weight excluding hydrogens is 316 g/mol. The molecule has 2 unspecified atom stereocenters. The zero-order valence-corrected chi connectivity index (χ0v) is 13.3. The number of halogens is 2. The van der Waals surface area contributed by atoms with Gasteiger partial charge in [0.15, 0.2) is 0 Å². The van der Waals surface area contributed by atoms with Gasteiger partial charge in [-0.05, 0) is 31.0 Å². The van der Waals surface area contributed by atoms with Crippen LogP contribution in [0.1, 0.15) is 30.3 Å². The first-order valence-electron chi connectivity index (χ1n) is 8.11. The normalized spacial score (nSPS) is 19.1. The van der Waals surface area contributed by atoms with Gasteiger partial charge in [0.2, 0.25) is 0 Å². The Hall–Kier alpha value is -1.76. The molecule has 0 spiro atoms. The van der Waals surface area contributed by atoms with Crippen LogP contribution in [0.2, 0.25) is 0 Å². The lowest BCUT2D eigenvalue weighted by Crippen LogP contribution is -2.35. The number of furan rings is 1. The number of hydrogen-bond donors (Lipinski definition) is 1. The average molecular weight is 337 g/mol. The molecule has 0 bridgehead atoms. The monoisotopic (exact) mass is 337 g/mol. The van der Waals surface area contributed by atoms with Crippen LogP contribution in [0.4, 0.5) is 8.78 Å². The highest BCUT2D eigenvalue weighted by atomic mass is 19.1. The summed E-state index contributed by atoms with van der Waals surface area (Å²) in [7, 11) is 0. The van der Waals surface area contributed by atoms with Crippen molar-refractivity contribution in [2.45, 2.75) is 31.6 Å². The largest absolute Gasteiger partial charge is 0.468 e. The van der Waals surface area contributed by atoms with Crippen molar-refractivity contribution in [2.24, 2.45) is 0 Å². The number of ether oxygens (including phenoxy) is 1. The van der Waals surface area contributed by atoms with Gasteiger partial charge < -0.3 is 14.3 Å². The Morgan fingerprint density at radius 2 is 2.17 bits per heavy atom. The van der Waals surface area contributed by atoms with Crippen molar-refractivity contribution in [1.82, 2.24) is 4.90 Å². The van der Waals surface area contributed by atoms with Crippen LogP contribution in [0.15, 0.2) is 41.0 Å². The summed E-state index contributed by atoms with van der Waals surface area (Å²) in [6.45, 7) is 2.07. The van der Waals surface area contributed by atoms with E-state index in [1.807, 2.05) is 11.0 Å². The second-order valence-electron chi connectivity index (χ2n) is 6.09. The lowest BCUT2D eigenvalue weighted by Gasteiger charge is -2.27. The van der Waals surface area contributed by atoms with E-state index in [9.17, 15) is 13.9 Å². The molecule has 24 heavy (non-hydrogen) atoms. The number of rotatable bonds is 7. The third-order valence-electron chi connectivity index (χ3n) is 4.20. The maximum Gasteiger partial charge on any atom is 0.131 e. The molecule has 1 N–H and O–H groups in total. The standard InChI is InChI=1S/C18H21F2NO3/c19-13-5-6-16(17(20)9-13)18(22)12-21(10-14-3-1-7-23-14)11-15-4-2-8-24-15/h1,3,5-7,9,15,18,22H,2,4,8,10-12H2. The SMILES string of the molecule is OC(CN(Cc1ccco1)CC1CCCO1)c1ccc(F)cc1F. The predicted octanol–water partition coefficient (Wildman–Crippen LogP) is 3.27. The Balaban J connectivity index is 1.69. The Kier molecular flexibility index (Phi) is 5.60. The molecule has 130 valence electrons. The molecule has 0 amide bonds. The number of aliphatic hydroxyl groups is 1. The summed E-state index contributed by atoms with van der Waals surface area (Å²) in [5.41, 5.74) is 0.0909. The molecule has 2 atom stereocenters. The topological polar surface area (TPSA) is 45.8 Å². The van der Waals surface area contributed by atoms with E-state index >= 15 is 0 Å². The molecule has 0 saturated carbocycles. The minimum absolute atomic E-state index is 0.0909. The van der Waals surface area contributed by atoms with Crippen molar-refractivity contribution < 1.29 is 23.0 Å². The van der Waals surface area contributed by atoms with Gasteiger partial charge in [-0.2, -0.15) is 0 Å². The van der Waals surface area contributed by atoms with E-state index in [4.69, 9.17) is 9.15 Å². The molecule has 2 heterocycles. The number of benzene rings is 1. The summed E-state index contributed by atoms with van der Waals surface area (Å²) < 4.78 is 37.9. The van der Waals surface area contributed by atoms with Crippen LogP contribution in [0.5, 0.6) is 0 Å². The van der Waals surface area contributed by atoms with Gasteiger partial charge in [-0.3, -0.25) is 4.90 Å². The maximum atomic E-state index is 13.9. The molecule has 1 fully saturated rings. The van der Waals surface area contributed by atoms with E-state index in [0.29, 0.717) is 13.1 Å². The molecule has 0 radical (unpaired) electrons. The summed E-state index contributed by atoms with van der Waals surface area (Å²) in [6.07, 6.45) is 2.63. The van der Waals surface area contributed by atoms with Gasteiger partial charge in [0.25, 0.3) is 0 Å². The van der Waals surface area contributed by atoms with Crippen molar-refractivity contribution in [1.29, 1.82) is 0 Å². The second kappa shape index (κ2) is 7.88. The summed E-state index contributed by atoms with van der Waals surface area (Å²) >= 11 is 0. The molecule has 6 heteroatoms. The zero-order valence-electron chi connectivity index (χ0n) is 13.3. The first-order chi connectivity index (χ1) is 11.6. The molecule has 3 rings (SSSR count). The fourth-order valence-corrected chi connectivity index (χ4v) is 3.02. The van der Waals surface area contributed by atoms with E-state index in [2.05, 4.69) is 0 Å². The Labute approximate surface area is 139 Å². The Morgan fingerprint density at radius 1 is 1.29 bits per heavy atom. The number of hydrogen-bond acceptors (Lipinski definition) is 4. The van der Waals surface area contributed by atoms with Crippen LogP contribution in [0.25, 0.3) is 0 Å². The van der Waals surface area contributed by atoms with Gasteiger partial charge in [0.1, 0.15) is 17.4 Å². The van der Waals surface area contributed by atoms with E-state index in [1.165, 1.54) is 6.07 Å². The van der Waals surface area contributed by atoms with Crippen molar-refractivity contribution >= 4 is 0 Å². The minimum atomic E-state index is -1.05. The van der Waals surface area contributed by atoms with Gasteiger partial charge in [-0.1, -0.05) is 6.07 Å². The van der Waals surface area contributed by atoms with E-state index < -0.39 is 17.7 Å². The van der Waals surface area contributed by atoms with Crippen LogP contribution in [-0.2, 0) is 11.3 Å². The lowest BCUT2D eigenvalue weighted by atomic mass is 10.1. The summed E-state index contributed by atoms with van der Waals surface area (Å²) in [4.78, 5) is 1.97. The second-order valence-corrected chi connectivity index (χ2v) is 6.09. The van der Waals surface area contributed by atoms with Crippen LogP contribution < -0.4 is 0 Å². The molecule has 4 nitrogen and oxygen atoms in total. The molecule has 1 saturated heterocycles. The fraction of sp³-hybridized carbons (Fsp3) is 0.444. The maximum absolute atomic E-state index is 13.9. The first kappa shape index (κ1) is 17.1. The summed E-state index contributed by atoms with van der Waals surface area (Å²) in [5.74, 6) is -0.632. The highest BCUT2D eigenvalue weighted by Crippen LogP contribution is 2.22. The van der Waals surface area contributed by atoms with E-state index in [0.717, 1.165) is 37.3 Å². The summed E-state index contributed by atoms with van der Waals surface area (Å²) in [5, 5.41) is 10.4. The molecule has 2 aromatic rings. The van der Waals surface area contributed by atoms with Gasteiger partial charge in [-0.15, -0.1) is 0 Å². The molecular formula is C18H21F2NO3. The van der Waals surface area contributed by atoms with Gasteiger partial charge in [0.05, 0.1) is 25.0 Å². The molecule has 0 aliphatic carbocycles. The van der Waals surface area contributed by atoms with Crippen LogP contribution in [0.3, 0.4) is 0 Å². The predicted molar refractivity (Wildman–Crippen MR) is 84.3 cm³/mol. The van der Waals surface area contributed by atoms with Crippen molar-refractivity contribution in [3.63, 3.8) is 0 Å². The molecule has 1 aliphatic heterocycles. The lowest BCUT2D eigenvalue weighted by molar-refractivity contribution is 0.0425. The Bertz CT molecular complexity index is 642. The zero-order chi connectivity index (χ0) is 16.9. The summed E-state index contributed by atoms with van der Waals surface area (Å²) in [6, 6.07) is 6.88. The highest BCUT2D eigenvalue weighted by molar-refractivity contribution is 5.21. The van der Waals surface area contributed by atoms with Crippen molar-refractivity contribution in [3.8, 4) is 0 Å². The average Bonchev–Trinajstić information content (AvgIpc) is 3.20. The third-order valence-corrected chi connectivity index (χ3v) is 4.20. The fourth-order valence-electron chi connectivity index (χ4n) is 3.02. The quantitative estimate of drug-likeness (QED) is 0.842. The van der Waals surface area contributed by atoms with Crippen LogP contribution >= 0.6 is 0 Å². The van der Waals surface area contributed by atoms with Gasteiger partial charge in [-0.25, -0.2) is 8.78 Å². The van der Waals surface area contributed by atoms with Crippen LogP contribution in [0, 0.1) is 11.6 Å². The third kappa shape index (κ3) is 4.41. The van der Waals surface area contributed by atoms with Crippen molar-refractivity contribution in [3.05, 3.63) is 59.6 Å². The van der Waals surface area contributed by atoms with E-state index in [-0.39, 0.29) is 18.2 Å². The number of nitrogens with zero attached hydrogens (tertiary/aromatic N) is 1.